The topological polar surface area (TPSA) is 99.3 Å². The summed E-state index contributed by atoms with van der Waals surface area (Å²) in [6.07, 6.45) is 9.18. The molecule has 2 unspecified atom stereocenters. The van der Waals surface area contributed by atoms with Gasteiger partial charge in [-0.15, -0.1) is 0 Å². The number of ether oxygens (including phenoxy) is 1. The molecule has 6 rings (SSSR count). The van der Waals surface area contributed by atoms with Crippen LogP contribution in [0.25, 0.3) is 0 Å². The van der Waals surface area contributed by atoms with Crippen LogP contribution in [0, 0.1) is 11.3 Å². The SMILES string of the molecule is CCCC1(CCC)CC(CN(C)C2C[C@H]3COc4cc5c(cc4N3C2)C(=O)N(C2CCC(=O)NC2=O)C5=O)C1. The molecular formula is C30H40N4O5. The molecule has 3 fully saturated rings. The maximum atomic E-state index is 13.4. The number of nitrogens with zero attached hydrogens (tertiary/aromatic N) is 3. The van der Waals surface area contributed by atoms with Crippen LogP contribution in [0.3, 0.4) is 0 Å². The summed E-state index contributed by atoms with van der Waals surface area (Å²) < 4.78 is 6.12. The number of piperidine rings is 1. The molecule has 5 aliphatic rings. The third kappa shape index (κ3) is 4.42. The van der Waals surface area contributed by atoms with Gasteiger partial charge in [0.1, 0.15) is 18.4 Å². The average Bonchev–Trinajstić information content (AvgIpc) is 3.42. The molecule has 0 radical (unpaired) electrons. The summed E-state index contributed by atoms with van der Waals surface area (Å²) in [4.78, 5) is 56.5. The summed E-state index contributed by atoms with van der Waals surface area (Å²) in [7, 11) is 2.24. The van der Waals surface area contributed by atoms with E-state index >= 15 is 0 Å². The second-order valence-electron chi connectivity index (χ2n) is 12.5. The van der Waals surface area contributed by atoms with Gasteiger partial charge < -0.3 is 14.5 Å². The van der Waals surface area contributed by atoms with Crippen molar-refractivity contribution < 1.29 is 23.9 Å². The maximum Gasteiger partial charge on any atom is 0.262 e. The Morgan fingerprint density at radius 1 is 1.05 bits per heavy atom. The fourth-order valence-corrected chi connectivity index (χ4v) is 8.12. The fourth-order valence-electron chi connectivity index (χ4n) is 8.12. The van der Waals surface area contributed by atoms with Crippen molar-refractivity contribution in [1.29, 1.82) is 0 Å². The number of likely N-dealkylation sites (N-methyl/N-ethyl adjacent to an activating group) is 1. The van der Waals surface area contributed by atoms with Crippen LogP contribution < -0.4 is 15.0 Å². The highest BCUT2D eigenvalue weighted by Crippen LogP contribution is 2.52. The van der Waals surface area contributed by atoms with E-state index in [4.69, 9.17) is 4.74 Å². The predicted molar refractivity (Wildman–Crippen MR) is 146 cm³/mol. The maximum absolute atomic E-state index is 13.4. The molecule has 1 aromatic carbocycles. The predicted octanol–water partition coefficient (Wildman–Crippen LogP) is 3.36. The van der Waals surface area contributed by atoms with Crippen LogP contribution >= 0.6 is 0 Å². The van der Waals surface area contributed by atoms with E-state index in [0.29, 0.717) is 29.4 Å². The highest BCUT2D eigenvalue weighted by molar-refractivity contribution is 6.24. The van der Waals surface area contributed by atoms with E-state index in [0.717, 1.165) is 36.0 Å². The molecule has 4 heterocycles. The van der Waals surface area contributed by atoms with Crippen LogP contribution in [0.1, 0.15) is 92.4 Å². The number of benzene rings is 1. The zero-order valence-corrected chi connectivity index (χ0v) is 23.3. The lowest BCUT2D eigenvalue weighted by molar-refractivity contribution is -0.136. The van der Waals surface area contributed by atoms with Gasteiger partial charge >= 0.3 is 0 Å². The molecule has 2 saturated heterocycles. The van der Waals surface area contributed by atoms with Crippen molar-refractivity contribution in [3.63, 3.8) is 0 Å². The number of hydrogen-bond acceptors (Lipinski definition) is 7. The summed E-state index contributed by atoms with van der Waals surface area (Å²) in [6, 6.07) is 3.11. The number of rotatable bonds is 8. The van der Waals surface area contributed by atoms with Crippen molar-refractivity contribution in [1.82, 2.24) is 15.1 Å². The zero-order valence-electron chi connectivity index (χ0n) is 23.3. The molecule has 1 aromatic rings. The first-order chi connectivity index (χ1) is 18.7. The zero-order chi connectivity index (χ0) is 27.5. The molecule has 9 heteroatoms. The molecule has 0 spiro atoms. The molecule has 3 atom stereocenters. The molecule has 39 heavy (non-hydrogen) atoms. The highest BCUT2D eigenvalue weighted by Gasteiger charge is 2.48. The van der Waals surface area contributed by atoms with E-state index in [1.807, 2.05) is 0 Å². The van der Waals surface area contributed by atoms with Gasteiger partial charge in [-0.3, -0.25) is 29.4 Å². The second kappa shape index (κ2) is 9.91. The number of amides is 4. The Morgan fingerprint density at radius 3 is 2.41 bits per heavy atom. The minimum atomic E-state index is -0.967. The van der Waals surface area contributed by atoms with Crippen molar-refractivity contribution in [2.75, 3.05) is 31.6 Å². The van der Waals surface area contributed by atoms with Crippen molar-refractivity contribution in [3.05, 3.63) is 23.3 Å². The standard InChI is InChI=1S/C30H40N4O5/c1-4-8-30(9-5-2)13-18(14-30)15-32(3)19-10-20-17-39-25-12-22-21(11-24(25)33(20)16-19)28(37)34(29(22)38)23-6-7-26(35)31-27(23)36/h11-12,18-20,23H,4-10,13-17H2,1-3H3,(H,31,35,36)/t19?,20-,23?/m0/s1. The largest absolute Gasteiger partial charge is 0.489 e. The Labute approximate surface area is 230 Å². The first kappa shape index (κ1) is 26.3. The number of nitrogens with one attached hydrogen (secondary N) is 1. The van der Waals surface area contributed by atoms with E-state index < -0.39 is 23.8 Å². The third-order valence-corrected chi connectivity index (χ3v) is 9.83. The van der Waals surface area contributed by atoms with Gasteiger partial charge in [-0.25, -0.2) is 0 Å². The van der Waals surface area contributed by atoms with Gasteiger partial charge in [0.2, 0.25) is 11.8 Å². The van der Waals surface area contributed by atoms with Crippen molar-refractivity contribution >= 4 is 29.3 Å². The summed E-state index contributed by atoms with van der Waals surface area (Å²) in [5.41, 5.74) is 1.99. The fraction of sp³-hybridized carbons (Fsp3) is 0.667. The lowest BCUT2D eigenvalue weighted by Gasteiger charge is -2.50. The number of fused-ring (bicyclic) bond motifs is 4. The monoisotopic (exact) mass is 536 g/mol. The summed E-state index contributed by atoms with van der Waals surface area (Å²) in [6.45, 7) is 7.13. The van der Waals surface area contributed by atoms with Gasteiger partial charge in [0.05, 0.1) is 22.9 Å². The summed E-state index contributed by atoms with van der Waals surface area (Å²) >= 11 is 0. The Kier molecular flexibility index (Phi) is 6.68. The smallest absolute Gasteiger partial charge is 0.262 e. The Morgan fingerprint density at radius 2 is 1.74 bits per heavy atom. The molecule has 0 bridgehead atoms. The number of carbonyl (C=O) groups excluding carboxylic acids is 4. The van der Waals surface area contributed by atoms with Gasteiger partial charge in [-0.1, -0.05) is 26.7 Å². The minimum absolute atomic E-state index is 0.104. The normalized spacial score (nSPS) is 27.7. The third-order valence-electron chi connectivity index (χ3n) is 9.83. The van der Waals surface area contributed by atoms with Gasteiger partial charge in [0.25, 0.3) is 11.8 Å². The molecule has 4 aliphatic heterocycles. The summed E-state index contributed by atoms with van der Waals surface area (Å²) in [5, 5.41) is 2.25. The number of carbonyl (C=O) groups is 4. The second-order valence-corrected chi connectivity index (χ2v) is 12.5. The Hall–Kier alpha value is -2.94. The van der Waals surface area contributed by atoms with Gasteiger partial charge in [0, 0.05) is 25.6 Å². The van der Waals surface area contributed by atoms with Crippen LogP contribution in [0.5, 0.6) is 5.75 Å². The van der Waals surface area contributed by atoms with Gasteiger partial charge in [-0.2, -0.15) is 0 Å². The lowest BCUT2D eigenvalue weighted by atomic mass is 9.58. The number of anilines is 1. The van der Waals surface area contributed by atoms with Crippen molar-refractivity contribution in [3.8, 4) is 5.75 Å². The summed E-state index contributed by atoms with van der Waals surface area (Å²) in [5.74, 6) is -0.577. The highest BCUT2D eigenvalue weighted by atomic mass is 16.5. The van der Waals surface area contributed by atoms with Gasteiger partial charge in [0.15, 0.2) is 0 Å². The average molecular weight is 537 g/mol. The van der Waals surface area contributed by atoms with Crippen molar-refractivity contribution in [2.24, 2.45) is 11.3 Å². The molecular weight excluding hydrogens is 496 g/mol. The number of imide groups is 2. The Balaban J connectivity index is 1.15. The molecule has 1 N–H and O–H groups in total. The molecule has 9 nitrogen and oxygen atoms in total. The molecule has 1 saturated carbocycles. The molecule has 0 aromatic heterocycles. The lowest BCUT2D eigenvalue weighted by Crippen LogP contribution is -2.54. The first-order valence-corrected chi connectivity index (χ1v) is 14.7. The molecule has 210 valence electrons. The minimum Gasteiger partial charge on any atom is -0.489 e. The van der Waals surface area contributed by atoms with E-state index in [2.05, 4.69) is 36.0 Å². The van der Waals surface area contributed by atoms with E-state index in [9.17, 15) is 19.2 Å². The first-order valence-electron chi connectivity index (χ1n) is 14.7. The molecule has 4 amide bonds. The van der Waals surface area contributed by atoms with Crippen LogP contribution in [0.2, 0.25) is 0 Å². The van der Waals surface area contributed by atoms with Crippen molar-refractivity contribution in [2.45, 2.75) is 89.8 Å². The van der Waals surface area contributed by atoms with Crippen LogP contribution in [-0.2, 0) is 9.59 Å². The molecule has 1 aliphatic carbocycles. The van der Waals surface area contributed by atoms with E-state index in [1.54, 1.807) is 12.1 Å². The van der Waals surface area contributed by atoms with Crippen LogP contribution in [0.4, 0.5) is 5.69 Å². The van der Waals surface area contributed by atoms with E-state index in [-0.39, 0.29) is 30.4 Å². The Bertz CT molecular complexity index is 1200. The van der Waals surface area contributed by atoms with E-state index in [1.165, 1.54) is 38.5 Å². The van der Waals surface area contributed by atoms with Gasteiger partial charge in [-0.05, 0) is 69.0 Å². The number of hydrogen-bond donors (Lipinski definition) is 1. The van der Waals surface area contributed by atoms with Crippen LogP contribution in [-0.4, -0.2) is 78.3 Å². The quantitative estimate of drug-likeness (QED) is 0.509. The van der Waals surface area contributed by atoms with Crippen LogP contribution in [0.15, 0.2) is 12.1 Å².